The van der Waals surface area contributed by atoms with Crippen LogP contribution in [0.2, 0.25) is 0 Å². The smallest absolute Gasteiger partial charge is 0.233 e. The fourth-order valence-corrected chi connectivity index (χ4v) is 2.58. The molecule has 3 rings (SSSR count). The lowest BCUT2D eigenvalue weighted by Gasteiger charge is -2.14. The van der Waals surface area contributed by atoms with Crippen LogP contribution in [0.15, 0.2) is 42.5 Å². The Morgan fingerprint density at radius 1 is 1.00 bits per heavy atom. The van der Waals surface area contributed by atoms with Crippen molar-refractivity contribution in [2.24, 2.45) is 0 Å². The second-order valence-electron chi connectivity index (χ2n) is 5.74. The highest BCUT2D eigenvalue weighted by Gasteiger charge is 2.09. The molecular weight excluding hydrogens is 326 g/mol. The van der Waals surface area contributed by atoms with Crippen molar-refractivity contribution < 1.29 is 0 Å². The third kappa shape index (κ3) is 3.87. The summed E-state index contributed by atoms with van der Waals surface area (Å²) in [6.07, 6.45) is 0.890. The molecule has 2 aromatic carbocycles. The third-order valence-electron chi connectivity index (χ3n) is 3.90. The molecule has 0 aliphatic heterocycles. The van der Waals surface area contributed by atoms with Crippen molar-refractivity contribution in [3.05, 3.63) is 59.2 Å². The van der Waals surface area contributed by atoms with Crippen LogP contribution < -0.4 is 16.4 Å². The Labute approximate surface area is 151 Å². The van der Waals surface area contributed by atoms with E-state index in [1.807, 2.05) is 19.1 Å². The number of anilines is 5. The van der Waals surface area contributed by atoms with Crippen LogP contribution in [0.3, 0.4) is 0 Å². The lowest BCUT2D eigenvalue weighted by molar-refractivity contribution is 1.06. The van der Waals surface area contributed by atoms with Crippen molar-refractivity contribution in [2.45, 2.75) is 20.3 Å². The zero-order chi connectivity index (χ0) is 18.5. The van der Waals surface area contributed by atoms with Crippen molar-refractivity contribution in [2.75, 3.05) is 16.4 Å². The van der Waals surface area contributed by atoms with Gasteiger partial charge in [-0.3, -0.25) is 0 Å². The van der Waals surface area contributed by atoms with Gasteiger partial charge in [-0.1, -0.05) is 25.1 Å². The van der Waals surface area contributed by atoms with E-state index in [1.54, 1.807) is 24.3 Å². The minimum atomic E-state index is 0.116. The van der Waals surface area contributed by atoms with Crippen molar-refractivity contribution in [3.63, 3.8) is 0 Å². The van der Waals surface area contributed by atoms with Crippen molar-refractivity contribution in [3.8, 4) is 6.07 Å². The molecule has 0 unspecified atom stereocenters. The highest BCUT2D eigenvalue weighted by Crippen LogP contribution is 2.25. The zero-order valence-corrected chi connectivity index (χ0v) is 14.6. The number of nitrogen functional groups attached to an aromatic ring is 1. The number of benzene rings is 2. The number of para-hydroxylation sites is 1. The van der Waals surface area contributed by atoms with Crippen LogP contribution in [0, 0.1) is 18.3 Å². The molecule has 3 aromatic rings. The SMILES string of the molecule is CCc1cccc(C)c1Nc1nc(N)nc(Nc2ccc(C#N)cc2)n1. The number of hydrogen-bond acceptors (Lipinski definition) is 7. The summed E-state index contributed by atoms with van der Waals surface area (Å²) in [5.41, 5.74) is 10.4. The van der Waals surface area contributed by atoms with Crippen LogP contribution in [-0.2, 0) is 6.42 Å². The van der Waals surface area contributed by atoms with Gasteiger partial charge in [-0.25, -0.2) is 0 Å². The first kappa shape index (κ1) is 17.2. The van der Waals surface area contributed by atoms with Gasteiger partial charge in [0.2, 0.25) is 17.8 Å². The number of nitrogens with zero attached hydrogens (tertiary/aromatic N) is 4. The summed E-state index contributed by atoms with van der Waals surface area (Å²) < 4.78 is 0. The number of nitrogens with two attached hydrogens (primary N) is 1. The molecule has 4 N–H and O–H groups in total. The Kier molecular flexibility index (Phi) is 4.94. The number of nitriles is 1. The topological polar surface area (TPSA) is 113 Å². The van der Waals surface area contributed by atoms with Gasteiger partial charge in [0.15, 0.2) is 0 Å². The first-order chi connectivity index (χ1) is 12.6. The molecule has 0 fully saturated rings. The molecule has 26 heavy (non-hydrogen) atoms. The van der Waals surface area contributed by atoms with Crippen LogP contribution in [0.5, 0.6) is 0 Å². The van der Waals surface area contributed by atoms with E-state index < -0.39 is 0 Å². The first-order valence-corrected chi connectivity index (χ1v) is 8.23. The van der Waals surface area contributed by atoms with E-state index in [9.17, 15) is 0 Å². The molecule has 0 atom stereocenters. The van der Waals surface area contributed by atoms with Gasteiger partial charge < -0.3 is 16.4 Å². The van der Waals surface area contributed by atoms with E-state index in [2.05, 4.69) is 44.6 Å². The molecule has 0 aliphatic carbocycles. The summed E-state index contributed by atoms with van der Waals surface area (Å²) in [4.78, 5) is 12.7. The van der Waals surface area contributed by atoms with Gasteiger partial charge in [0, 0.05) is 11.4 Å². The van der Waals surface area contributed by atoms with E-state index in [0.29, 0.717) is 17.5 Å². The molecule has 0 saturated heterocycles. The summed E-state index contributed by atoms with van der Waals surface area (Å²) in [5, 5.41) is 15.2. The minimum Gasteiger partial charge on any atom is -0.368 e. The Bertz CT molecular complexity index is 959. The van der Waals surface area contributed by atoms with Crippen LogP contribution in [-0.4, -0.2) is 15.0 Å². The molecule has 0 radical (unpaired) electrons. The quantitative estimate of drug-likeness (QED) is 0.646. The van der Waals surface area contributed by atoms with Gasteiger partial charge >= 0.3 is 0 Å². The van der Waals surface area contributed by atoms with Gasteiger partial charge in [-0.2, -0.15) is 20.2 Å². The molecule has 7 heteroatoms. The highest BCUT2D eigenvalue weighted by molar-refractivity contribution is 5.65. The lowest BCUT2D eigenvalue weighted by Crippen LogP contribution is -2.08. The second kappa shape index (κ2) is 7.49. The average Bonchev–Trinajstić information content (AvgIpc) is 2.63. The van der Waals surface area contributed by atoms with E-state index >= 15 is 0 Å². The fraction of sp³-hybridized carbons (Fsp3) is 0.158. The predicted octanol–water partition coefficient (Wildman–Crippen LogP) is 3.68. The molecule has 0 aliphatic rings. The number of aromatic nitrogens is 3. The number of nitrogens with one attached hydrogen (secondary N) is 2. The van der Waals surface area contributed by atoms with Gasteiger partial charge in [-0.05, 0) is 48.7 Å². The summed E-state index contributed by atoms with van der Waals surface area (Å²) in [6, 6.07) is 15.2. The standard InChI is InChI=1S/C19H19N7/c1-3-14-6-4-5-12(2)16(14)23-19-25-17(21)24-18(26-19)22-15-9-7-13(11-20)8-10-15/h4-10H,3H2,1-2H3,(H4,21,22,23,24,25,26). The predicted molar refractivity (Wildman–Crippen MR) is 103 cm³/mol. The monoisotopic (exact) mass is 345 g/mol. The summed E-state index contributed by atoms with van der Waals surface area (Å²) >= 11 is 0. The minimum absolute atomic E-state index is 0.116. The number of rotatable bonds is 5. The molecule has 1 aromatic heterocycles. The van der Waals surface area contributed by atoms with Crippen molar-refractivity contribution >= 4 is 29.2 Å². The van der Waals surface area contributed by atoms with Crippen LogP contribution >= 0.6 is 0 Å². The van der Waals surface area contributed by atoms with Gasteiger partial charge in [0.05, 0.1) is 11.6 Å². The van der Waals surface area contributed by atoms with Crippen LogP contribution in [0.1, 0.15) is 23.6 Å². The molecule has 0 bridgehead atoms. The van der Waals surface area contributed by atoms with Crippen LogP contribution in [0.25, 0.3) is 0 Å². The molecule has 0 saturated carbocycles. The Balaban J connectivity index is 1.87. The Morgan fingerprint density at radius 2 is 1.69 bits per heavy atom. The highest BCUT2D eigenvalue weighted by atomic mass is 15.2. The Morgan fingerprint density at radius 3 is 2.35 bits per heavy atom. The maximum atomic E-state index is 8.87. The molecule has 0 spiro atoms. The maximum Gasteiger partial charge on any atom is 0.233 e. The molecular formula is C19H19N7. The third-order valence-corrected chi connectivity index (χ3v) is 3.90. The van der Waals surface area contributed by atoms with E-state index in [1.165, 1.54) is 5.56 Å². The summed E-state index contributed by atoms with van der Waals surface area (Å²) in [7, 11) is 0. The lowest BCUT2D eigenvalue weighted by atomic mass is 10.1. The summed E-state index contributed by atoms with van der Waals surface area (Å²) in [5.74, 6) is 0.819. The van der Waals surface area contributed by atoms with E-state index in [0.717, 1.165) is 23.4 Å². The number of hydrogen-bond donors (Lipinski definition) is 3. The van der Waals surface area contributed by atoms with Crippen LogP contribution in [0.4, 0.5) is 29.2 Å². The van der Waals surface area contributed by atoms with Crippen molar-refractivity contribution in [1.29, 1.82) is 5.26 Å². The van der Waals surface area contributed by atoms with Gasteiger partial charge in [0.1, 0.15) is 0 Å². The average molecular weight is 345 g/mol. The normalized spacial score (nSPS) is 10.2. The first-order valence-electron chi connectivity index (χ1n) is 8.23. The molecule has 1 heterocycles. The van der Waals surface area contributed by atoms with Crippen molar-refractivity contribution in [1.82, 2.24) is 15.0 Å². The largest absolute Gasteiger partial charge is 0.368 e. The molecule has 130 valence electrons. The zero-order valence-electron chi connectivity index (χ0n) is 14.6. The molecule has 7 nitrogen and oxygen atoms in total. The molecule has 0 amide bonds. The second-order valence-corrected chi connectivity index (χ2v) is 5.74. The van der Waals surface area contributed by atoms with E-state index in [-0.39, 0.29) is 5.95 Å². The fourth-order valence-electron chi connectivity index (χ4n) is 2.58. The summed E-state index contributed by atoms with van der Waals surface area (Å²) in [6.45, 7) is 4.13. The van der Waals surface area contributed by atoms with Gasteiger partial charge in [-0.15, -0.1) is 0 Å². The Hall–Kier alpha value is -3.66. The number of aryl methyl sites for hydroxylation is 2. The maximum absolute atomic E-state index is 8.87. The van der Waals surface area contributed by atoms with E-state index in [4.69, 9.17) is 11.0 Å². The van der Waals surface area contributed by atoms with Gasteiger partial charge in [0.25, 0.3) is 0 Å².